The molecule has 4 heteroatoms. The Labute approximate surface area is 120 Å². The minimum Gasteiger partial charge on any atom is -0.361 e. The lowest BCUT2D eigenvalue weighted by atomic mass is 10.1. The van der Waals surface area contributed by atoms with E-state index < -0.39 is 0 Å². The third kappa shape index (κ3) is 3.53. The highest BCUT2D eigenvalue weighted by molar-refractivity contribution is 5.84. The van der Waals surface area contributed by atoms with Crippen LogP contribution in [0.5, 0.6) is 0 Å². The molecule has 0 fully saturated rings. The van der Waals surface area contributed by atoms with Gasteiger partial charge in [0.05, 0.1) is 0 Å². The summed E-state index contributed by atoms with van der Waals surface area (Å²) in [4.78, 5) is 7.92. The predicted octanol–water partition coefficient (Wildman–Crippen LogP) is 2.59. The molecule has 0 bridgehead atoms. The van der Waals surface area contributed by atoms with E-state index in [1.54, 1.807) is 0 Å². The number of guanidine groups is 1. The van der Waals surface area contributed by atoms with Gasteiger partial charge in [0, 0.05) is 36.7 Å². The maximum absolute atomic E-state index is 4.58. The summed E-state index contributed by atoms with van der Waals surface area (Å²) >= 11 is 0. The van der Waals surface area contributed by atoms with E-state index in [1.165, 1.54) is 22.0 Å². The predicted molar refractivity (Wildman–Crippen MR) is 86.4 cm³/mol. The Morgan fingerprint density at radius 3 is 2.65 bits per heavy atom. The SMILES string of the molecule is CCNC(=NCCc1c[nH]c2cc(C)ccc12)NCC. The number of rotatable bonds is 5. The maximum atomic E-state index is 4.58. The number of nitrogens with zero attached hydrogens (tertiary/aromatic N) is 1. The van der Waals surface area contributed by atoms with Gasteiger partial charge < -0.3 is 15.6 Å². The van der Waals surface area contributed by atoms with Gasteiger partial charge >= 0.3 is 0 Å². The lowest BCUT2D eigenvalue weighted by molar-refractivity contribution is 0.834. The van der Waals surface area contributed by atoms with Crippen LogP contribution in [0.3, 0.4) is 0 Å². The highest BCUT2D eigenvalue weighted by Gasteiger charge is 2.03. The summed E-state index contributed by atoms with van der Waals surface area (Å²) in [6, 6.07) is 6.53. The quantitative estimate of drug-likeness (QED) is 0.579. The van der Waals surface area contributed by atoms with Gasteiger partial charge in [-0.1, -0.05) is 12.1 Å². The summed E-state index contributed by atoms with van der Waals surface area (Å²) in [6.45, 7) is 8.83. The van der Waals surface area contributed by atoms with Crippen molar-refractivity contribution < 1.29 is 0 Å². The fourth-order valence-corrected chi connectivity index (χ4v) is 2.30. The molecule has 1 heterocycles. The van der Waals surface area contributed by atoms with Crippen molar-refractivity contribution in [2.45, 2.75) is 27.2 Å². The lowest BCUT2D eigenvalue weighted by Gasteiger charge is -2.08. The lowest BCUT2D eigenvalue weighted by Crippen LogP contribution is -2.37. The number of aliphatic imine (C=N–C) groups is 1. The molecule has 0 unspecified atom stereocenters. The monoisotopic (exact) mass is 272 g/mol. The number of aryl methyl sites for hydroxylation is 1. The van der Waals surface area contributed by atoms with Gasteiger partial charge in [-0.05, 0) is 44.4 Å². The Bertz CT molecular complexity index is 575. The summed E-state index contributed by atoms with van der Waals surface area (Å²) in [5.74, 6) is 0.894. The fourth-order valence-electron chi connectivity index (χ4n) is 2.30. The van der Waals surface area contributed by atoms with E-state index >= 15 is 0 Å². The summed E-state index contributed by atoms with van der Waals surface area (Å²) in [6.07, 6.45) is 3.04. The molecule has 3 N–H and O–H groups in total. The fraction of sp³-hybridized carbons (Fsp3) is 0.438. The molecular weight excluding hydrogens is 248 g/mol. The number of hydrogen-bond acceptors (Lipinski definition) is 1. The minimum atomic E-state index is 0.788. The zero-order valence-electron chi connectivity index (χ0n) is 12.6. The molecule has 2 aromatic rings. The van der Waals surface area contributed by atoms with Gasteiger partial charge in [-0.2, -0.15) is 0 Å². The first-order valence-corrected chi connectivity index (χ1v) is 7.33. The standard InChI is InChI=1S/C16H24N4/c1-4-17-16(18-5-2)19-9-8-13-11-20-15-10-12(3)6-7-14(13)15/h6-7,10-11,20H,4-5,8-9H2,1-3H3,(H2,17,18,19). The molecular formula is C16H24N4. The Kier molecular flexibility index (Phi) is 5.04. The smallest absolute Gasteiger partial charge is 0.191 e. The van der Waals surface area contributed by atoms with E-state index in [0.29, 0.717) is 0 Å². The first-order valence-electron chi connectivity index (χ1n) is 7.33. The van der Waals surface area contributed by atoms with E-state index in [4.69, 9.17) is 0 Å². The molecule has 1 aromatic carbocycles. The molecule has 0 saturated heterocycles. The largest absolute Gasteiger partial charge is 0.361 e. The van der Waals surface area contributed by atoms with Crippen molar-refractivity contribution in [3.05, 3.63) is 35.5 Å². The van der Waals surface area contributed by atoms with E-state index in [2.05, 4.69) is 65.8 Å². The molecule has 0 radical (unpaired) electrons. The second-order valence-electron chi connectivity index (χ2n) is 4.90. The van der Waals surface area contributed by atoms with Crippen molar-refractivity contribution in [2.24, 2.45) is 4.99 Å². The Morgan fingerprint density at radius 2 is 1.95 bits per heavy atom. The summed E-state index contributed by atoms with van der Waals surface area (Å²) in [5, 5.41) is 7.78. The van der Waals surface area contributed by atoms with Crippen molar-refractivity contribution in [3.8, 4) is 0 Å². The molecule has 0 aliphatic carbocycles. The van der Waals surface area contributed by atoms with Crippen LogP contribution in [0, 0.1) is 6.92 Å². The number of aromatic nitrogens is 1. The number of H-pyrrole nitrogens is 1. The molecule has 4 nitrogen and oxygen atoms in total. The molecule has 0 saturated carbocycles. The number of benzene rings is 1. The minimum absolute atomic E-state index is 0.788. The van der Waals surface area contributed by atoms with Crippen LogP contribution in [0.25, 0.3) is 10.9 Å². The highest BCUT2D eigenvalue weighted by Crippen LogP contribution is 2.19. The van der Waals surface area contributed by atoms with Crippen molar-refractivity contribution >= 4 is 16.9 Å². The van der Waals surface area contributed by atoms with Crippen molar-refractivity contribution in [1.29, 1.82) is 0 Å². The second-order valence-corrected chi connectivity index (χ2v) is 4.90. The van der Waals surface area contributed by atoms with Gasteiger partial charge in [-0.25, -0.2) is 0 Å². The summed E-state index contributed by atoms with van der Waals surface area (Å²) in [7, 11) is 0. The number of fused-ring (bicyclic) bond motifs is 1. The average molecular weight is 272 g/mol. The van der Waals surface area contributed by atoms with Crippen LogP contribution in [0.15, 0.2) is 29.4 Å². The topological polar surface area (TPSA) is 52.2 Å². The van der Waals surface area contributed by atoms with Gasteiger partial charge in [0.1, 0.15) is 0 Å². The van der Waals surface area contributed by atoms with Crippen LogP contribution in [-0.4, -0.2) is 30.6 Å². The molecule has 0 aliphatic rings. The van der Waals surface area contributed by atoms with Gasteiger partial charge in [0.2, 0.25) is 0 Å². The van der Waals surface area contributed by atoms with Gasteiger partial charge in [-0.15, -0.1) is 0 Å². The Balaban J connectivity index is 2.03. The van der Waals surface area contributed by atoms with Crippen LogP contribution in [0.2, 0.25) is 0 Å². The van der Waals surface area contributed by atoms with Crippen LogP contribution < -0.4 is 10.6 Å². The molecule has 2 rings (SSSR count). The van der Waals surface area contributed by atoms with Crippen LogP contribution in [0.1, 0.15) is 25.0 Å². The second kappa shape index (κ2) is 6.98. The molecule has 0 atom stereocenters. The third-order valence-corrected chi connectivity index (χ3v) is 3.26. The molecule has 108 valence electrons. The van der Waals surface area contributed by atoms with Gasteiger partial charge in [0.25, 0.3) is 0 Å². The average Bonchev–Trinajstić information content (AvgIpc) is 2.81. The maximum Gasteiger partial charge on any atom is 0.191 e. The van der Waals surface area contributed by atoms with Crippen LogP contribution in [-0.2, 0) is 6.42 Å². The zero-order chi connectivity index (χ0) is 14.4. The number of aromatic amines is 1. The first kappa shape index (κ1) is 14.4. The highest BCUT2D eigenvalue weighted by atomic mass is 15.2. The molecule has 1 aromatic heterocycles. The molecule has 20 heavy (non-hydrogen) atoms. The Hall–Kier alpha value is -1.97. The van der Waals surface area contributed by atoms with Crippen LogP contribution in [0.4, 0.5) is 0 Å². The number of nitrogens with one attached hydrogen (secondary N) is 3. The first-order chi connectivity index (χ1) is 9.74. The van der Waals surface area contributed by atoms with Crippen molar-refractivity contribution in [3.63, 3.8) is 0 Å². The van der Waals surface area contributed by atoms with Crippen LogP contribution >= 0.6 is 0 Å². The van der Waals surface area contributed by atoms with Crippen molar-refractivity contribution in [1.82, 2.24) is 15.6 Å². The summed E-state index contributed by atoms with van der Waals surface area (Å²) < 4.78 is 0. The third-order valence-electron chi connectivity index (χ3n) is 3.26. The zero-order valence-corrected chi connectivity index (χ0v) is 12.6. The van der Waals surface area contributed by atoms with Crippen molar-refractivity contribution in [2.75, 3.05) is 19.6 Å². The molecule has 0 aliphatic heterocycles. The molecule has 0 amide bonds. The van der Waals surface area contributed by atoms with E-state index in [-0.39, 0.29) is 0 Å². The number of hydrogen-bond donors (Lipinski definition) is 3. The van der Waals surface area contributed by atoms with E-state index in [1.807, 2.05) is 0 Å². The van der Waals surface area contributed by atoms with E-state index in [0.717, 1.165) is 32.0 Å². The van der Waals surface area contributed by atoms with Gasteiger partial charge in [0.15, 0.2) is 5.96 Å². The Morgan fingerprint density at radius 1 is 1.20 bits per heavy atom. The normalized spacial score (nSPS) is 10.6. The summed E-state index contributed by atoms with van der Waals surface area (Å²) in [5.41, 5.74) is 3.82. The molecule has 0 spiro atoms. The van der Waals surface area contributed by atoms with Gasteiger partial charge in [-0.3, -0.25) is 4.99 Å². The van der Waals surface area contributed by atoms with E-state index in [9.17, 15) is 0 Å².